The Morgan fingerprint density at radius 2 is 1.88 bits per heavy atom. The van der Waals surface area contributed by atoms with Crippen molar-refractivity contribution >= 4 is 12.4 Å². The fourth-order valence-corrected chi connectivity index (χ4v) is 3.44. The van der Waals surface area contributed by atoms with Gasteiger partial charge in [0.15, 0.2) is 0 Å². The first kappa shape index (κ1) is 23.0. The zero-order valence-electron chi connectivity index (χ0n) is 15.1. The summed E-state index contributed by atoms with van der Waals surface area (Å²) < 4.78 is 55.5. The molecule has 8 heteroatoms. The van der Waals surface area contributed by atoms with Crippen molar-refractivity contribution in [2.75, 3.05) is 26.2 Å². The van der Waals surface area contributed by atoms with Gasteiger partial charge in [0.05, 0.1) is 0 Å². The van der Waals surface area contributed by atoms with E-state index in [0.29, 0.717) is 5.92 Å². The first-order chi connectivity index (χ1) is 11.8. The van der Waals surface area contributed by atoms with Crippen LogP contribution in [0, 0.1) is 5.92 Å². The summed E-state index contributed by atoms with van der Waals surface area (Å²) in [4.78, 5) is 2.32. The Hall–Kier alpha value is -1.05. The van der Waals surface area contributed by atoms with Gasteiger partial charge in [-0.3, -0.25) is 4.90 Å². The number of alkyl halides is 4. The Morgan fingerprint density at radius 3 is 2.46 bits per heavy atom. The number of hydrogen-bond acceptors (Lipinski definition) is 3. The van der Waals surface area contributed by atoms with E-state index in [1.54, 1.807) is 6.07 Å². The summed E-state index contributed by atoms with van der Waals surface area (Å²) in [6.45, 7) is 7.70. The largest absolute Gasteiger partial charge is 0.461 e. The van der Waals surface area contributed by atoms with Gasteiger partial charge in [-0.15, -0.1) is 12.4 Å². The third kappa shape index (κ3) is 5.99. The van der Waals surface area contributed by atoms with Crippen LogP contribution in [-0.4, -0.2) is 43.6 Å². The number of halogens is 5. The SMILES string of the molecule is CCCC(C)[C@H](c1cccc(OC(F)(F)C(F)F)c1)N1CCNCC1.Cl. The van der Waals surface area contributed by atoms with E-state index in [2.05, 4.69) is 28.8 Å². The van der Waals surface area contributed by atoms with Gasteiger partial charge in [-0.2, -0.15) is 17.6 Å². The predicted octanol–water partition coefficient (Wildman–Crippen LogP) is 4.73. The molecule has 1 aliphatic heterocycles. The van der Waals surface area contributed by atoms with Gasteiger partial charge in [0, 0.05) is 32.2 Å². The molecule has 0 radical (unpaired) electrons. The summed E-state index contributed by atoms with van der Waals surface area (Å²) >= 11 is 0. The van der Waals surface area contributed by atoms with Crippen molar-refractivity contribution in [2.24, 2.45) is 5.92 Å². The Labute approximate surface area is 158 Å². The minimum absolute atomic E-state index is 0. The lowest BCUT2D eigenvalue weighted by atomic mass is 9.89. The van der Waals surface area contributed by atoms with Crippen LogP contribution in [0.1, 0.15) is 38.3 Å². The van der Waals surface area contributed by atoms with Crippen LogP contribution in [0.2, 0.25) is 0 Å². The van der Waals surface area contributed by atoms with Crippen molar-refractivity contribution in [3.63, 3.8) is 0 Å². The monoisotopic (exact) mass is 398 g/mol. The average molecular weight is 399 g/mol. The number of ether oxygens (including phenoxy) is 1. The van der Waals surface area contributed by atoms with Gasteiger partial charge in [-0.1, -0.05) is 32.4 Å². The average Bonchev–Trinajstić information content (AvgIpc) is 2.56. The molecule has 1 aromatic rings. The van der Waals surface area contributed by atoms with E-state index < -0.39 is 12.5 Å². The van der Waals surface area contributed by atoms with Gasteiger partial charge in [0.2, 0.25) is 0 Å². The lowest BCUT2D eigenvalue weighted by Gasteiger charge is -2.39. The third-order valence-electron chi connectivity index (χ3n) is 4.54. The molecule has 1 fully saturated rings. The number of rotatable bonds is 8. The molecule has 1 unspecified atom stereocenters. The van der Waals surface area contributed by atoms with E-state index in [1.807, 2.05) is 6.07 Å². The number of benzene rings is 1. The number of piperazine rings is 1. The van der Waals surface area contributed by atoms with Crippen LogP contribution in [0.3, 0.4) is 0 Å². The molecule has 2 atom stereocenters. The number of nitrogens with one attached hydrogen (secondary N) is 1. The van der Waals surface area contributed by atoms with Crippen LogP contribution in [0.15, 0.2) is 24.3 Å². The first-order valence-electron chi connectivity index (χ1n) is 8.75. The maximum atomic E-state index is 13.2. The molecule has 1 N–H and O–H groups in total. The smallest absolute Gasteiger partial charge is 0.428 e. The summed E-state index contributed by atoms with van der Waals surface area (Å²) in [5.74, 6) is 0.0839. The molecule has 0 bridgehead atoms. The standard InChI is InChI=1S/C18H26F4N2O.ClH/c1-3-5-13(2)16(24-10-8-23-9-11-24)14-6-4-7-15(12-14)25-18(21,22)17(19)20;/h4,6-7,12-13,16-17,23H,3,5,8-11H2,1-2H3;1H/t13?,16-;/m1./s1. The van der Waals surface area contributed by atoms with Gasteiger partial charge in [-0.05, 0) is 30.0 Å². The fraction of sp³-hybridized carbons (Fsp3) is 0.667. The highest BCUT2D eigenvalue weighted by molar-refractivity contribution is 5.85. The highest BCUT2D eigenvalue weighted by Crippen LogP contribution is 2.35. The molecule has 0 aliphatic carbocycles. The molecule has 0 aromatic heterocycles. The summed E-state index contributed by atoms with van der Waals surface area (Å²) in [5.41, 5.74) is 0.824. The summed E-state index contributed by atoms with van der Waals surface area (Å²) in [7, 11) is 0. The number of hydrogen-bond donors (Lipinski definition) is 1. The normalized spacial score (nSPS) is 18.3. The Kier molecular flexibility index (Phi) is 9.13. The zero-order chi connectivity index (χ0) is 18.4. The Morgan fingerprint density at radius 1 is 1.23 bits per heavy atom. The minimum Gasteiger partial charge on any atom is -0.428 e. The van der Waals surface area contributed by atoms with Crippen molar-refractivity contribution in [2.45, 2.75) is 45.3 Å². The van der Waals surface area contributed by atoms with E-state index in [0.717, 1.165) is 44.6 Å². The molecule has 1 saturated heterocycles. The fourth-order valence-electron chi connectivity index (χ4n) is 3.44. The maximum absolute atomic E-state index is 13.2. The maximum Gasteiger partial charge on any atom is 0.461 e. The molecule has 0 saturated carbocycles. The minimum atomic E-state index is -4.49. The van der Waals surface area contributed by atoms with Crippen LogP contribution in [0.25, 0.3) is 0 Å². The van der Waals surface area contributed by atoms with Gasteiger partial charge in [0.1, 0.15) is 5.75 Å². The van der Waals surface area contributed by atoms with E-state index >= 15 is 0 Å². The van der Waals surface area contributed by atoms with E-state index in [9.17, 15) is 17.6 Å². The molecule has 1 aliphatic rings. The van der Waals surface area contributed by atoms with Crippen LogP contribution in [0.5, 0.6) is 5.75 Å². The van der Waals surface area contributed by atoms with Gasteiger partial charge in [-0.25, -0.2) is 0 Å². The molecule has 1 aromatic carbocycles. The lowest BCUT2D eigenvalue weighted by molar-refractivity contribution is -0.253. The molecule has 150 valence electrons. The Balaban J connectivity index is 0.00000338. The molecule has 3 nitrogen and oxygen atoms in total. The molecule has 26 heavy (non-hydrogen) atoms. The van der Waals surface area contributed by atoms with Crippen LogP contribution >= 0.6 is 12.4 Å². The second-order valence-corrected chi connectivity index (χ2v) is 6.53. The molecule has 1 heterocycles. The van der Waals surface area contributed by atoms with Crippen LogP contribution in [-0.2, 0) is 0 Å². The first-order valence-corrected chi connectivity index (χ1v) is 8.75. The van der Waals surface area contributed by atoms with Crippen molar-refractivity contribution in [3.8, 4) is 5.75 Å². The van der Waals surface area contributed by atoms with Crippen LogP contribution in [0.4, 0.5) is 17.6 Å². The second-order valence-electron chi connectivity index (χ2n) is 6.53. The molecule has 2 rings (SSSR count). The van der Waals surface area contributed by atoms with E-state index in [-0.39, 0.29) is 24.2 Å². The highest BCUT2D eigenvalue weighted by atomic mass is 35.5. The predicted molar refractivity (Wildman–Crippen MR) is 96.5 cm³/mol. The zero-order valence-corrected chi connectivity index (χ0v) is 15.9. The third-order valence-corrected chi connectivity index (χ3v) is 4.54. The number of nitrogens with zero attached hydrogens (tertiary/aromatic N) is 1. The summed E-state index contributed by atoms with van der Waals surface area (Å²) in [6, 6.07) is 6.24. The van der Waals surface area contributed by atoms with Crippen molar-refractivity contribution in [1.29, 1.82) is 0 Å². The highest BCUT2D eigenvalue weighted by Gasteiger charge is 2.44. The molecular formula is C18H27ClF4N2O. The summed E-state index contributed by atoms with van der Waals surface area (Å²) in [5, 5.41) is 3.30. The topological polar surface area (TPSA) is 24.5 Å². The van der Waals surface area contributed by atoms with E-state index in [1.165, 1.54) is 12.1 Å². The quantitative estimate of drug-likeness (QED) is 0.641. The van der Waals surface area contributed by atoms with Crippen molar-refractivity contribution in [3.05, 3.63) is 29.8 Å². The van der Waals surface area contributed by atoms with Crippen molar-refractivity contribution in [1.82, 2.24) is 10.2 Å². The van der Waals surface area contributed by atoms with Gasteiger partial charge < -0.3 is 10.1 Å². The van der Waals surface area contributed by atoms with Crippen LogP contribution < -0.4 is 10.1 Å². The molecular weight excluding hydrogens is 372 g/mol. The second kappa shape index (κ2) is 10.3. The van der Waals surface area contributed by atoms with E-state index in [4.69, 9.17) is 0 Å². The lowest BCUT2D eigenvalue weighted by Crippen LogP contribution is -2.46. The molecule has 0 amide bonds. The van der Waals surface area contributed by atoms with Crippen molar-refractivity contribution < 1.29 is 22.3 Å². The van der Waals surface area contributed by atoms with Gasteiger partial charge in [0.25, 0.3) is 0 Å². The van der Waals surface area contributed by atoms with Gasteiger partial charge >= 0.3 is 12.5 Å². The Bertz CT molecular complexity index is 542. The summed E-state index contributed by atoms with van der Waals surface area (Å²) in [6.07, 6.45) is -6.34. The molecule has 0 spiro atoms.